The number of nitrogens with one attached hydrogen (secondary N) is 1. The van der Waals surface area contributed by atoms with E-state index in [-0.39, 0.29) is 0 Å². The van der Waals surface area contributed by atoms with Gasteiger partial charge in [0.1, 0.15) is 12.1 Å². The van der Waals surface area contributed by atoms with Crippen molar-refractivity contribution < 1.29 is 9.94 Å². The third-order valence-electron chi connectivity index (χ3n) is 1.78. The second-order valence-corrected chi connectivity index (χ2v) is 2.91. The Hall–Kier alpha value is -1.99. The van der Waals surface area contributed by atoms with Crippen molar-refractivity contribution in [1.82, 2.24) is 5.48 Å². The molecule has 1 aromatic carbocycles. The van der Waals surface area contributed by atoms with Crippen molar-refractivity contribution in [3.05, 3.63) is 24.3 Å². The number of nitrogens with zero attached hydrogens (tertiary/aromatic N) is 1. The molecule has 0 aromatic heterocycles. The SMILES string of the molecule is CC#CCCOc1ccc(N=CNO)cc1. The Morgan fingerprint density at radius 1 is 1.44 bits per heavy atom. The van der Waals surface area contributed by atoms with E-state index in [1.807, 2.05) is 24.5 Å². The summed E-state index contributed by atoms with van der Waals surface area (Å²) in [7, 11) is 0. The van der Waals surface area contributed by atoms with Crippen molar-refractivity contribution in [2.75, 3.05) is 6.61 Å². The van der Waals surface area contributed by atoms with Crippen LogP contribution >= 0.6 is 0 Å². The first kappa shape index (κ1) is 12.1. The van der Waals surface area contributed by atoms with E-state index in [0.29, 0.717) is 6.61 Å². The number of hydrogen-bond donors (Lipinski definition) is 2. The summed E-state index contributed by atoms with van der Waals surface area (Å²) in [5.74, 6) is 6.52. The van der Waals surface area contributed by atoms with Gasteiger partial charge in [-0.2, -0.15) is 0 Å². The highest BCUT2D eigenvalue weighted by Gasteiger charge is 1.92. The van der Waals surface area contributed by atoms with Gasteiger partial charge in [0.2, 0.25) is 0 Å². The van der Waals surface area contributed by atoms with Gasteiger partial charge in [-0.15, -0.1) is 11.8 Å². The standard InChI is InChI=1S/C12H14N2O2/c1-2-3-4-9-16-12-7-5-11(6-8-12)13-10-14-15/h5-8,10,15H,4,9H2,1H3,(H,13,14). The van der Waals surface area contributed by atoms with Crippen LogP contribution in [0.4, 0.5) is 5.69 Å². The zero-order valence-electron chi connectivity index (χ0n) is 9.10. The minimum atomic E-state index is 0.585. The Kier molecular flexibility index (Phi) is 5.53. The van der Waals surface area contributed by atoms with Crippen molar-refractivity contribution in [2.45, 2.75) is 13.3 Å². The molecule has 0 amide bonds. The zero-order valence-corrected chi connectivity index (χ0v) is 9.10. The monoisotopic (exact) mass is 218 g/mol. The topological polar surface area (TPSA) is 53.8 Å². The second kappa shape index (κ2) is 7.32. The van der Waals surface area contributed by atoms with Crippen LogP contribution in [0.2, 0.25) is 0 Å². The molecule has 0 spiro atoms. The second-order valence-electron chi connectivity index (χ2n) is 2.91. The van der Waals surface area contributed by atoms with Crippen LogP contribution < -0.4 is 10.2 Å². The fraction of sp³-hybridized carbons (Fsp3) is 0.250. The first-order valence-corrected chi connectivity index (χ1v) is 4.91. The molecule has 16 heavy (non-hydrogen) atoms. The van der Waals surface area contributed by atoms with Gasteiger partial charge < -0.3 is 4.74 Å². The molecule has 0 radical (unpaired) electrons. The summed E-state index contributed by atoms with van der Waals surface area (Å²) in [6, 6.07) is 7.25. The molecule has 0 bridgehead atoms. The van der Waals surface area contributed by atoms with Gasteiger partial charge in [0.05, 0.1) is 12.3 Å². The first-order chi connectivity index (χ1) is 7.86. The fourth-order valence-electron chi connectivity index (χ4n) is 1.08. The Bertz CT molecular complexity index is 388. The maximum absolute atomic E-state index is 8.31. The van der Waals surface area contributed by atoms with Crippen LogP contribution in [0.3, 0.4) is 0 Å². The molecule has 0 heterocycles. The van der Waals surface area contributed by atoms with Crippen molar-refractivity contribution in [3.8, 4) is 17.6 Å². The number of ether oxygens (including phenoxy) is 1. The molecule has 0 saturated carbocycles. The van der Waals surface area contributed by atoms with Crippen LogP contribution in [0, 0.1) is 11.8 Å². The van der Waals surface area contributed by atoms with E-state index >= 15 is 0 Å². The molecule has 84 valence electrons. The zero-order chi connectivity index (χ0) is 11.6. The predicted octanol–water partition coefficient (Wildman–Crippen LogP) is 2.12. The largest absolute Gasteiger partial charge is 0.493 e. The molecule has 0 atom stereocenters. The lowest BCUT2D eigenvalue weighted by molar-refractivity contribution is 0.240. The van der Waals surface area contributed by atoms with Gasteiger partial charge in [0.15, 0.2) is 0 Å². The lowest BCUT2D eigenvalue weighted by Gasteiger charge is -2.03. The summed E-state index contributed by atoms with van der Waals surface area (Å²) in [4.78, 5) is 3.91. The minimum absolute atomic E-state index is 0.585. The Morgan fingerprint density at radius 3 is 2.81 bits per heavy atom. The van der Waals surface area contributed by atoms with E-state index in [0.717, 1.165) is 17.9 Å². The van der Waals surface area contributed by atoms with Crippen LogP contribution in [0.15, 0.2) is 29.3 Å². The molecular weight excluding hydrogens is 204 g/mol. The number of benzene rings is 1. The smallest absolute Gasteiger partial charge is 0.119 e. The van der Waals surface area contributed by atoms with Gasteiger partial charge in [-0.3, -0.25) is 10.7 Å². The van der Waals surface area contributed by atoms with Crippen LogP contribution in [-0.4, -0.2) is 18.2 Å². The molecule has 1 aromatic rings. The van der Waals surface area contributed by atoms with Crippen molar-refractivity contribution >= 4 is 12.0 Å². The van der Waals surface area contributed by atoms with Crippen LogP contribution in [0.1, 0.15) is 13.3 Å². The fourth-order valence-corrected chi connectivity index (χ4v) is 1.08. The van der Waals surface area contributed by atoms with E-state index < -0.39 is 0 Å². The van der Waals surface area contributed by atoms with E-state index in [1.165, 1.54) is 6.34 Å². The Balaban J connectivity index is 2.43. The molecular formula is C12H14N2O2. The lowest BCUT2D eigenvalue weighted by Crippen LogP contribution is -2.00. The van der Waals surface area contributed by atoms with Crippen molar-refractivity contribution in [2.24, 2.45) is 4.99 Å². The molecule has 1 rings (SSSR count). The number of hydrogen-bond acceptors (Lipinski definition) is 3. The molecule has 0 aliphatic heterocycles. The van der Waals surface area contributed by atoms with Gasteiger partial charge in [-0.05, 0) is 31.2 Å². The molecule has 0 aliphatic rings. The number of hydroxylamine groups is 1. The van der Waals surface area contributed by atoms with Gasteiger partial charge in [0, 0.05) is 6.42 Å². The van der Waals surface area contributed by atoms with Crippen molar-refractivity contribution in [1.29, 1.82) is 0 Å². The quantitative estimate of drug-likeness (QED) is 0.262. The summed E-state index contributed by atoms with van der Waals surface area (Å²) in [5.41, 5.74) is 2.58. The summed E-state index contributed by atoms with van der Waals surface area (Å²) >= 11 is 0. The summed E-state index contributed by atoms with van der Waals surface area (Å²) < 4.78 is 5.45. The molecule has 0 unspecified atom stereocenters. The highest BCUT2D eigenvalue weighted by atomic mass is 16.5. The third kappa shape index (κ3) is 4.49. The van der Waals surface area contributed by atoms with Gasteiger partial charge in [0.25, 0.3) is 0 Å². The molecule has 4 nitrogen and oxygen atoms in total. The number of aliphatic imine (C=N–C) groups is 1. The number of rotatable bonds is 5. The van der Waals surface area contributed by atoms with E-state index in [9.17, 15) is 0 Å². The van der Waals surface area contributed by atoms with Gasteiger partial charge >= 0.3 is 0 Å². The minimum Gasteiger partial charge on any atom is -0.493 e. The molecule has 0 saturated heterocycles. The Labute approximate surface area is 94.9 Å². The van der Waals surface area contributed by atoms with Crippen molar-refractivity contribution in [3.63, 3.8) is 0 Å². The maximum Gasteiger partial charge on any atom is 0.119 e. The predicted molar refractivity (Wildman–Crippen MR) is 63.1 cm³/mol. The van der Waals surface area contributed by atoms with E-state index in [2.05, 4.69) is 16.8 Å². The van der Waals surface area contributed by atoms with Crippen LogP contribution in [0.25, 0.3) is 0 Å². The normalized spacial score (nSPS) is 9.62. The first-order valence-electron chi connectivity index (χ1n) is 4.91. The molecule has 0 aliphatic carbocycles. The summed E-state index contributed by atoms with van der Waals surface area (Å²) in [6.07, 6.45) is 1.93. The highest BCUT2D eigenvalue weighted by molar-refractivity contribution is 5.59. The highest BCUT2D eigenvalue weighted by Crippen LogP contribution is 2.17. The van der Waals surface area contributed by atoms with Gasteiger partial charge in [-0.25, -0.2) is 4.99 Å². The maximum atomic E-state index is 8.31. The van der Waals surface area contributed by atoms with E-state index in [4.69, 9.17) is 9.94 Å². The van der Waals surface area contributed by atoms with Crippen LogP contribution in [-0.2, 0) is 0 Å². The average molecular weight is 218 g/mol. The average Bonchev–Trinajstić information content (AvgIpc) is 2.33. The Morgan fingerprint density at radius 2 is 2.19 bits per heavy atom. The van der Waals surface area contributed by atoms with Gasteiger partial charge in [-0.1, -0.05) is 0 Å². The molecule has 0 fully saturated rings. The lowest BCUT2D eigenvalue weighted by atomic mass is 10.3. The summed E-state index contributed by atoms with van der Waals surface area (Å²) in [6.45, 7) is 2.39. The van der Waals surface area contributed by atoms with Crippen LogP contribution in [0.5, 0.6) is 5.75 Å². The molecule has 2 N–H and O–H groups in total. The third-order valence-corrected chi connectivity index (χ3v) is 1.78. The van der Waals surface area contributed by atoms with E-state index in [1.54, 1.807) is 12.1 Å². The molecule has 4 heteroatoms. The summed E-state index contributed by atoms with van der Waals surface area (Å²) in [5, 5.41) is 8.31.